The highest BCUT2D eigenvalue weighted by Gasteiger charge is 2.48. The molecule has 0 aromatic heterocycles. The molecule has 216 valence electrons. The van der Waals surface area contributed by atoms with Crippen LogP contribution in [0.3, 0.4) is 0 Å². The first-order chi connectivity index (χ1) is 18.2. The Bertz CT molecular complexity index is 1110. The van der Waals surface area contributed by atoms with Crippen molar-refractivity contribution in [1.82, 2.24) is 9.80 Å². The molecule has 2 aromatic carbocycles. The van der Waals surface area contributed by atoms with Gasteiger partial charge in [-0.2, -0.15) is 26.3 Å². The highest BCUT2D eigenvalue weighted by atomic mass is 19.4. The van der Waals surface area contributed by atoms with Crippen molar-refractivity contribution < 1.29 is 41.3 Å². The highest BCUT2D eigenvalue weighted by molar-refractivity contribution is 5.36. The van der Waals surface area contributed by atoms with Gasteiger partial charge >= 0.3 is 12.4 Å². The van der Waals surface area contributed by atoms with Crippen molar-refractivity contribution in [2.45, 2.75) is 56.6 Å². The highest BCUT2D eigenvalue weighted by Crippen LogP contribution is 2.49. The summed E-state index contributed by atoms with van der Waals surface area (Å²) in [5.74, 6) is 0.0271. The second-order valence-electron chi connectivity index (χ2n) is 10.8. The molecule has 1 aliphatic carbocycles. The lowest BCUT2D eigenvalue weighted by molar-refractivity contribution is -0.143. The molecule has 2 aromatic rings. The summed E-state index contributed by atoms with van der Waals surface area (Å²) in [7, 11) is 3.54. The van der Waals surface area contributed by atoms with Gasteiger partial charge in [-0.3, -0.25) is 9.80 Å². The number of alkyl halides is 6. The Hall–Kier alpha value is -2.18. The third-order valence-electron chi connectivity index (χ3n) is 8.03. The number of hydrogen-bond donors (Lipinski definition) is 2. The molecule has 0 bridgehead atoms. The van der Waals surface area contributed by atoms with Gasteiger partial charge in [-0.1, -0.05) is 24.3 Å². The average Bonchev–Trinajstić information content (AvgIpc) is 3.30. The number of aliphatic hydroxyl groups excluding tert-OH is 2. The number of aryl methyl sites for hydroxylation is 1. The summed E-state index contributed by atoms with van der Waals surface area (Å²) in [6.07, 6.45) is -11.5. The zero-order chi connectivity index (χ0) is 28.7. The number of nitrogens with zero attached hydrogens (tertiary/aromatic N) is 2. The minimum atomic E-state index is -5.00. The number of halogens is 6. The molecular weight excluding hydrogens is 526 g/mol. The van der Waals surface area contributed by atoms with Crippen LogP contribution in [0.4, 0.5) is 26.3 Å². The summed E-state index contributed by atoms with van der Waals surface area (Å²) in [4.78, 5) is 3.66. The number of rotatable bonds is 7. The first kappa shape index (κ1) is 29.8. The molecule has 1 saturated heterocycles. The number of fused-ring (bicyclic) bond motifs is 1. The van der Waals surface area contributed by atoms with E-state index in [9.17, 15) is 36.6 Å². The summed E-state index contributed by atoms with van der Waals surface area (Å²) >= 11 is 0. The SMILES string of the molecule is Cc1ccccc1[C@H]1[C@@H]2CN(C(O)N(C)C)C[C@H]2CC[C@@H]1O[C@H](CO)c1cc(C(F)(F)F)cc(C(F)(F)F)c1. The van der Waals surface area contributed by atoms with Crippen LogP contribution in [0.5, 0.6) is 0 Å². The molecule has 4 rings (SSSR count). The van der Waals surface area contributed by atoms with Crippen LogP contribution in [0.2, 0.25) is 0 Å². The second kappa shape index (κ2) is 11.4. The van der Waals surface area contributed by atoms with E-state index in [0.29, 0.717) is 38.1 Å². The molecule has 2 fully saturated rings. The van der Waals surface area contributed by atoms with Gasteiger partial charge in [0.25, 0.3) is 0 Å². The zero-order valence-corrected chi connectivity index (χ0v) is 22.0. The van der Waals surface area contributed by atoms with E-state index in [1.807, 2.05) is 36.1 Å². The number of ether oxygens (including phenoxy) is 1. The first-order valence-corrected chi connectivity index (χ1v) is 12.9. The van der Waals surface area contributed by atoms with Gasteiger partial charge in [0.15, 0.2) is 6.35 Å². The predicted octanol–water partition coefficient (Wildman–Crippen LogP) is 5.41. The molecule has 5 nitrogen and oxygen atoms in total. The standard InChI is InChI=1S/C28H34F6N2O3/c1-16-6-4-5-7-21(16)25-22-14-36(26(38)35(2)3)13-17(22)8-9-23(25)39-24(15-37)18-10-19(27(29,30)31)12-20(11-18)28(32,33)34/h4-7,10-12,17,22-26,37-38H,8-9,13-15H2,1-3H3/t17-,22-,23+,24-,25+,26?/m1/s1. The monoisotopic (exact) mass is 560 g/mol. The van der Waals surface area contributed by atoms with Crippen LogP contribution in [0, 0.1) is 18.8 Å². The summed E-state index contributed by atoms with van der Waals surface area (Å²) in [5.41, 5.74) is -1.30. The topological polar surface area (TPSA) is 56.2 Å². The van der Waals surface area contributed by atoms with Gasteiger partial charge in [-0.15, -0.1) is 0 Å². The van der Waals surface area contributed by atoms with Crippen LogP contribution in [0.1, 0.15) is 52.7 Å². The molecule has 6 atom stereocenters. The maximum absolute atomic E-state index is 13.5. The predicted molar refractivity (Wildman–Crippen MR) is 133 cm³/mol. The van der Waals surface area contributed by atoms with Crippen LogP contribution in [0.15, 0.2) is 42.5 Å². The van der Waals surface area contributed by atoms with E-state index in [4.69, 9.17) is 4.74 Å². The van der Waals surface area contributed by atoms with Gasteiger partial charge < -0.3 is 14.9 Å². The van der Waals surface area contributed by atoms with E-state index >= 15 is 0 Å². The minimum Gasteiger partial charge on any atom is -0.393 e. The van der Waals surface area contributed by atoms with E-state index in [1.165, 1.54) is 0 Å². The van der Waals surface area contributed by atoms with E-state index in [1.54, 1.807) is 19.0 Å². The van der Waals surface area contributed by atoms with E-state index in [2.05, 4.69) is 0 Å². The van der Waals surface area contributed by atoms with Crippen molar-refractivity contribution >= 4 is 0 Å². The molecule has 2 N–H and O–H groups in total. The molecule has 39 heavy (non-hydrogen) atoms. The van der Waals surface area contributed by atoms with Gasteiger partial charge in [0.05, 0.1) is 23.8 Å². The number of hydrogen-bond acceptors (Lipinski definition) is 5. The zero-order valence-electron chi connectivity index (χ0n) is 22.0. The minimum absolute atomic E-state index is 0.0334. The molecule has 1 saturated carbocycles. The number of likely N-dealkylation sites (tertiary alicyclic amines) is 1. The Morgan fingerprint density at radius 1 is 0.974 bits per heavy atom. The maximum atomic E-state index is 13.5. The molecule has 0 spiro atoms. The van der Waals surface area contributed by atoms with Gasteiger partial charge in [0.1, 0.15) is 6.10 Å². The van der Waals surface area contributed by atoms with Crippen LogP contribution in [0.25, 0.3) is 0 Å². The lowest BCUT2D eigenvalue weighted by Gasteiger charge is -2.42. The summed E-state index contributed by atoms with van der Waals surface area (Å²) in [5, 5.41) is 20.8. The molecule has 2 aliphatic rings. The first-order valence-electron chi connectivity index (χ1n) is 12.9. The van der Waals surface area contributed by atoms with Gasteiger partial charge in [0.2, 0.25) is 0 Å². The molecule has 0 amide bonds. The van der Waals surface area contributed by atoms with Crippen molar-refractivity contribution in [3.8, 4) is 0 Å². The maximum Gasteiger partial charge on any atom is 0.416 e. The summed E-state index contributed by atoms with van der Waals surface area (Å²) in [6.45, 7) is 2.37. The molecule has 1 heterocycles. The van der Waals surface area contributed by atoms with Crippen LogP contribution < -0.4 is 0 Å². The van der Waals surface area contributed by atoms with E-state index in [0.717, 1.165) is 11.1 Å². The summed E-state index contributed by atoms with van der Waals surface area (Å²) in [6, 6.07) is 9.00. The Morgan fingerprint density at radius 2 is 1.59 bits per heavy atom. The molecule has 1 unspecified atom stereocenters. The summed E-state index contributed by atoms with van der Waals surface area (Å²) < 4.78 is 87.2. The normalized spacial score (nSPS) is 26.1. The molecule has 0 radical (unpaired) electrons. The van der Waals surface area contributed by atoms with Gasteiger partial charge in [-0.25, -0.2) is 0 Å². The number of benzene rings is 2. The van der Waals surface area contributed by atoms with Crippen molar-refractivity contribution in [2.24, 2.45) is 11.8 Å². The quantitative estimate of drug-likeness (QED) is 0.350. The van der Waals surface area contributed by atoms with Crippen molar-refractivity contribution in [3.05, 3.63) is 70.3 Å². The van der Waals surface area contributed by atoms with Crippen molar-refractivity contribution in [2.75, 3.05) is 33.8 Å². The Kier molecular flexibility index (Phi) is 8.68. The van der Waals surface area contributed by atoms with Gasteiger partial charge in [0, 0.05) is 19.0 Å². The average molecular weight is 561 g/mol. The third kappa shape index (κ3) is 6.43. The fourth-order valence-electron chi connectivity index (χ4n) is 6.14. The lowest BCUT2D eigenvalue weighted by Crippen LogP contribution is -2.44. The molecule has 1 aliphatic heterocycles. The lowest BCUT2D eigenvalue weighted by atomic mass is 9.68. The third-order valence-corrected chi connectivity index (χ3v) is 8.03. The fraction of sp³-hybridized carbons (Fsp3) is 0.571. The Labute approximate surface area is 224 Å². The number of aliphatic hydroxyl groups is 2. The van der Waals surface area contributed by atoms with Crippen molar-refractivity contribution in [1.29, 1.82) is 0 Å². The smallest absolute Gasteiger partial charge is 0.393 e. The molecule has 11 heteroatoms. The fourth-order valence-corrected chi connectivity index (χ4v) is 6.14. The van der Waals surface area contributed by atoms with Crippen LogP contribution in [-0.4, -0.2) is 66.3 Å². The van der Waals surface area contributed by atoms with Crippen LogP contribution in [-0.2, 0) is 17.1 Å². The molecular formula is C28H34F6N2O3. The van der Waals surface area contributed by atoms with Crippen molar-refractivity contribution in [3.63, 3.8) is 0 Å². The van der Waals surface area contributed by atoms with E-state index in [-0.39, 0.29) is 29.4 Å². The largest absolute Gasteiger partial charge is 0.416 e. The second-order valence-corrected chi connectivity index (χ2v) is 10.8. The van der Waals surface area contributed by atoms with E-state index < -0.39 is 48.6 Å². The Balaban J connectivity index is 1.70. The van der Waals surface area contributed by atoms with Crippen LogP contribution >= 0.6 is 0 Å². The van der Waals surface area contributed by atoms with Gasteiger partial charge in [-0.05, 0) is 80.6 Å². The Morgan fingerprint density at radius 3 is 2.13 bits per heavy atom.